The minimum atomic E-state index is 0.389. The maximum Gasteiger partial charge on any atom is 0.0436 e. The third kappa shape index (κ3) is 2.63. The van der Waals surface area contributed by atoms with Crippen molar-refractivity contribution in [2.45, 2.75) is 40.0 Å². The fraction of sp³-hybridized carbons (Fsp3) is 0.421. The highest BCUT2D eigenvalue weighted by Crippen LogP contribution is 2.37. The molecule has 20 heavy (non-hydrogen) atoms. The van der Waals surface area contributed by atoms with E-state index in [0.717, 1.165) is 12.3 Å². The molecule has 0 amide bonds. The smallest absolute Gasteiger partial charge is 0.0436 e. The van der Waals surface area contributed by atoms with Gasteiger partial charge in [0, 0.05) is 17.5 Å². The van der Waals surface area contributed by atoms with Gasteiger partial charge < -0.3 is 0 Å². The van der Waals surface area contributed by atoms with Gasteiger partial charge in [-0.1, -0.05) is 51.1 Å². The lowest BCUT2D eigenvalue weighted by Crippen LogP contribution is -2.27. The molecule has 104 valence electrons. The summed E-state index contributed by atoms with van der Waals surface area (Å²) in [6.45, 7) is 7.07. The van der Waals surface area contributed by atoms with E-state index in [-0.39, 0.29) is 0 Å². The molecule has 1 atom stereocenters. The molecule has 1 unspecified atom stereocenters. The van der Waals surface area contributed by atoms with Crippen molar-refractivity contribution in [3.63, 3.8) is 0 Å². The predicted molar refractivity (Wildman–Crippen MR) is 84.6 cm³/mol. The van der Waals surface area contributed by atoms with Gasteiger partial charge in [-0.25, -0.2) is 0 Å². The Balaban J connectivity index is 1.93. The molecule has 1 nitrogen and oxygen atoms in total. The van der Waals surface area contributed by atoms with Crippen LogP contribution in [0.5, 0.6) is 0 Å². The van der Waals surface area contributed by atoms with Crippen LogP contribution in [0.4, 0.5) is 0 Å². The van der Waals surface area contributed by atoms with Gasteiger partial charge in [-0.2, -0.15) is 0 Å². The molecule has 0 bridgehead atoms. The van der Waals surface area contributed by atoms with Crippen LogP contribution in [0.25, 0.3) is 11.1 Å². The molecule has 1 heteroatoms. The van der Waals surface area contributed by atoms with E-state index in [1.54, 1.807) is 0 Å². The number of hydrogen-bond donors (Lipinski definition) is 0. The summed E-state index contributed by atoms with van der Waals surface area (Å²) in [6.07, 6.45) is 5.61. The molecular formula is C19H23N. The van der Waals surface area contributed by atoms with Crippen LogP contribution >= 0.6 is 0 Å². The van der Waals surface area contributed by atoms with Crippen LogP contribution in [0.15, 0.2) is 42.6 Å². The molecule has 0 aliphatic heterocycles. The molecule has 0 saturated heterocycles. The van der Waals surface area contributed by atoms with Crippen LogP contribution in [0.2, 0.25) is 0 Å². The molecule has 0 fully saturated rings. The monoisotopic (exact) mass is 265 g/mol. The summed E-state index contributed by atoms with van der Waals surface area (Å²) in [5, 5.41) is 0. The normalized spacial score (nSPS) is 18.6. The first-order valence-corrected chi connectivity index (χ1v) is 7.57. The van der Waals surface area contributed by atoms with Crippen molar-refractivity contribution in [2.75, 3.05) is 0 Å². The molecule has 1 aromatic carbocycles. The SMILES string of the molecule is CC(C)(C)C1CCc2ncc(-c3ccccc3)cc2C1. The van der Waals surface area contributed by atoms with Crippen molar-refractivity contribution in [1.82, 2.24) is 4.98 Å². The van der Waals surface area contributed by atoms with E-state index in [0.29, 0.717) is 5.41 Å². The lowest BCUT2D eigenvalue weighted by molar-refractivity contribution is 0.215. The Morgan fingerprint density at radius 1 is 1.05 bits per heavy atom. The summed E-state index contributed by atoms with van der Waals surface area (Å²) in [5.74, 6) is 0.767. The highest BCUT2D eigenvalue weighted by Gasteiger charge is 2.29. The molecule has 1 aliphatic carbocycles. The van der Waals surface area contributed by atoms with Gasteiger partial charge >= 0.3 is 0 Å². The van der Waals surface area contributed by atoms with Crippen LogP contribution in [0, 0.1) is 11.3 Å². The third-order valence-corrected chi connectivity index (χ3v) is 4.59. The lowest BCUT2D eigenvalue weighted by Gasteiger charge is -2.34. The minimum Gasteiger partial charge on any atom is -0.260 e. The summed E-state index contributed by atoms with van der Waals surface area (Å²) >= 11 is 0. The van der Waals surface area contributed by atoms with Gasteiger partial charge in [-0.3, -0.25) is 4.98 Å². The number of aromatic nitrogens is 1. The zero-order valence-corrected chi connectivity index (χ0v) is 12.7. The van der Waals surface area contributed by atoms with Gasteiger partial charge in [0.05, 0.1) is 0 Å². The van der Waals surface area contributed by atoms with E-state index in [1.807, 2.05) is 6.20 Å². The van der Waals surface area contributed by atoms with E-state index in [2.05, 4.69) is 57.2 Å². The zero-order chi connectivity index (χ0) is 14.2. The van der Waals surface area contributed by atoms with Gasteiger partial charge in [0.1, 0.15) is 0 Å². The summed E-state index contributed by atoms with van der Waals surface area (Å²) in [7, 11) is 0. The maximum atomic E-state index is 4.71. The molecule has 1 heterocycles. The number of nitrogens with zero attached hydrogens (tertiary/aromatic N) is 1. The fourth-order valence-electron chi connectivity index (χ4n) is 3.15. The van der Waals surface area contributed by atoms with Crippen molar-refractivity contribution in [1.29, 1.82) is 0 Å². The number of pyridine rings is 1. The zero-order valence-electron chi connectivity index (χ0n) is 12.7. The Kier molecular flexibility index (Phi) is 3.37. The average Bonchev–Trinajstić information content (AvgIpc) is 2.46. The standard InChI is InChI=1S/C19H23N/c1-19(2,3)17-9-10-18-15(12-17)11-16(13-20-18)14-7-5-4-6-8-14/h4-8,11,13,17H,9-10,12H2,1-3H3. The first kappa shape index (κ1) is 13.4. The topological polar surface area (TPSA) is 12.9 Å². The quantitative estimate of drug-likeness (QED) is 0.714. The summed E-state index contributed by atoms with van der Waals surface area (Å²) in [6, 6.07) is 12.9. The van der Waals surface area contributed by atoms with E-state index < -0.39 is 0 Å². The van der Waals surface area contributed by atoms with Crippen LogP contribution in [0.1, 0.15) is 38.4 Å². The molecule has 0 saturated carbocycles. The molecule has 0 spiro atoms. The number of aryl methyl sites for hydroxylation is 1. The minimum absolute atomic E-state index is 0.389. The summed E-state index contributed by atoms with van der Waals surface area (Å²) in [5.41, 5.74) is 5.67. The van der Waals surface area contributed by atoms with Crippen LogP contribution < -0.4 is 0 Å². The average molecular weight is 265 g/mol. The van der Waals surface area contributed by atoms with Gasteiger partial charge in [-0.05, 0) is 47.8 Å². The second kappa shape index (κ2) is 5.05. The van der Waals surface area contributed by atoms with Crippen LogP contribution in [0.3, 0.4) is 0 Å². The number of fused-ring (bicyclic) bond motifs is 1. The van der Waals surface area contributed by atoms with Crippen molar-refractivity contribution in [3.8, 4) is 11.1 Å². The Morgan fingerprint density at radius 3 is 2.50 bits per heavy atom. The fourth-order valence-corrected chi connectivity index (χ4v) is 3.15. The Hall–Kier alpha value is -1.63. The van der Waals surface area contributed by atoms with Gasteiger partial charge in [-0.15, -0.1) is 0 Å². The second-order valence-corrected chi connectivity index (χ2v) is 7.00. The van der Waals surface area contributed by atoms with Gasteiger partial charge in [0.25, 0.3) is 0 Å². The molecule has 1 aromatic heterocycles. The molecule has 2 aromatic rings. The Labute approximate surface area is 122 Å². The predicted octanol–water partition coefficient (Wildman–Crippen LogP) is 4.90. The molecule has 1 aliphatic rings. The molecule has 3 rings (SSSR count). The Morgan fingerprint density at radius 2 is 1.80 bits per heavy atom. The summed E-state index contributed by atoms with van der Waals surface area (Å²) < 4.78 is 0. The van der Waals surface area contributed by atoms with Crippen molar-refractivity contribution < 1.29 is 0 Å². The third-order valence-electron chi connectivity index (χ3n) is 4.59. The van der Waals surface area contributed by atoms with Crippen molar-refractivity contribution in [2.24, 2.45) is 11.3 Å². The lowest BCUT2D eigenvalue weighted by atomic mass is 9.71. The first-order chi connectivity index (χ1) is 9.54. The largest absolute Gasteiger partial charge is 0.260 e. The van der Waals surface area contributed by atoms with Gasteiger partial charge in [0.2, 0.25) is 0 Å². The second-order valence-electron chi connectivity index (χ2n) is 7.00. The van der Waals surface area contributed by atoms with E-state index in [1.165, 1.54) is 35.2 Å². The van der Waals surface area contributed by atoms with E-state index >= 15 is 0 Å². The van der Waals surface area contributed by atoms with Crippen LogP contribution in [-0.2, 0) is 12.8 Å². The van der Waals surface area contributed by atoms with E-state index in [9.17, 15) is 0 Å². The number of rotatable bonds is 1. The maximum absolute atomic E-state index is 4.71. The van der Waals surface area contributed by atoms with Crippen molar-refractivity contribution >= 4 is 0 Å². The van der Waals surface area contributed by atoms with Crippen LogP contribution in [-0.4, -0.2) is 4.98 Å². The van der Waals surface area contributed by atoms with E-state index in [4.69, 9.17) is 4.98 Å². The number of hydrogen-bond acceptors (Lipinski definition) is 1. The van der Waals surface area contributed by atoms with Gasteiger partial charge in [0.15, 0.2) is 0 Å². The number of benzene rings is 1. The summed E-state index contributed by atoms with van der Waals surface area (Å²) in [4.78, 5) is 4.71. The highest BCUT2D eigenvalue weighted by molar-refractivity contribution is 5.63. The highest BCUT2D eigenvalue weighted by atomic mass is 14.7. The Bertz CT molecular complexity index is 593. The first-order valence-electron chi connectivity index (χ1n) is 7.57. The molecular weight excluding hydrogens is 242 g/mol. The van der Waals surface area contributed by atoms with Crippen molar-refractivity contribution in [3.05, 3.63) is 53.9 Å². The molecule has 0 N–H and O–H groups in total. The molecule has 0 radical (unpaired) electrons.